The maximum atomic E-state index is 12.4. The van der Waals surface area contributed by atoms with Gasteiger partial charge in [-0.15, -0.1) is 0 Å². The lowest BCUT2D eigenvalue weighted by Gasteiger charge is -2.18. The summed E-state index contributed by atoms with van der Waals surface area (Å²) in [4.78, 5) is 21.5. The molecule has 0 radical (unpaired) electrons. The number of nitrogens with zero attached hydrogens (tertiary/aromatic N) is 4. The molecule has 4 aromatic carbocycles. The van der Waals surface area contributed by atoms with E-state index >= 15 is 0 Å². The van der Waals surface area contributed by atoms with Crippen molar-refractivity contribution in [2.24, 2.45) is 20.8 Å². The van der Waals surface area contributed by atoms with E-state index < -0.39 is 0 Å². The van der Waals surface area contributed by atoms with Gasteiger partial charge < -0.3 is 26.6 Å². The largest absolute Gasteiger partial charge is 0.356 e. The minimum atomic E-state index is -0.0589. The first-order valence-electron chi connectivity index (χ1n) is 22.0. The fourth-order valence-electron chi connectivity index (χ4n) is 6.72. The van der Waals surface area contributed by atoms with Crippen molar-refractivity contribution >= 4 is 80.4 Å². The Kier molecular flexibility index (Phi) is 16.8. The minimum Gasteiger partial charge on any atom is -0.356 e. The van der Waals surface area contributed by atoms with Crippen LogP contribution in [0.5, 0.6) is 0 Å². The number of amidine groups is 1. The summed E-state index contributed by atoms with van der Waals surface area (Å²) in [6.07, 6.45) is 8.59. The number of amides is 1. The van der Waals surface area contributed by atoms with Crippen LogP contribution in [0.1, 0.15) is 91.0 Å². The highest BCUT2D eigenvalue weighted by Gasteiger charge is 2.23. The summed E-state index contributed by atoms with van der Waals surface area (Å²) in [6.45, 7) is 35.0. The van der Waals surface area contributed by atoms with Crippen molar-refractivity contribution in [3.63, 3.8) is 0 Å². The molecule has 1 amide bonds. The molecule has 0 unspecified atom stereocenters. The van der Waals surface area contributed by atoms with Crippen molar-refractivity contribution in [2.75, 3.05) is 34.4 Å². The molecule has 65 heavy (non-hydrogen) atoms. The van der Waals surface area contributed by atoms with Gasteiger partial charge in [0.2, 0.25) is 5.91 Å². The lowest BCUT2D eigenvalue weighted by Crippen LogP contribution is -2.24. The third kappa shape index (κ3) is 14.1. The van der Waals surface area contributed by atoms with Gasteiger partial charge in [-0.25, -0.2) is 0 Å². The summed E-state index contributed by atoms with van der Waals surface area (Å²) < 4.78 is 8.67. The van der Waals surface area contributed by atoms with Gasteiger partial charge >= 0.3 is 0 Å². The van der Waals surface area contributed by atoms with Crippen LogP contribution in [0.25, 0.3) is 28.5 Å². The van der Waals surface area contributed by atoms with Crippen LogP contribution in [-0.4, -0.2) is 39.3 Å². The number of benzene rings is 4. The molecule has 11 heteroatoms. The van der Waals surface area contributed by atoms with Crippen LogP contribution in [0.3, 0.4) is 0 Å². The maximum Gasteiger partial charge on any atom is 0.230 e. The van der Waals surface area contributed by atoms with E-state index in [1.807, 2.05) is 93.6 Å². The first-order valence-corrected chi connectivity index (χ1v) is 22.8. The third-order valence-electron chi connectivity index (χ3n) is 10.6. The average molecular weight is 888 g/mol. The predicted octanol–water partition coefficient (Wildman–Crippen LogP) is 13.5. The van der Waals surface area contributed by atoms with Gasteiger partial charge in [-0.1, -0.05) is 112 Å². The number of aliphatic imine (C=N–C) groups is 2. The SMILES string of the molecule is C=C(NC1=NCC(C(C)(C)C)=C1)Nc1ccc(NC(=C)c2cccc3nsnc23)cc1.C=C(Nc1ccc(NC(=O)CC2=NCC(C(C)(C)C)=C2)cc1)c1ccc(C)c(/C=C\C)c1.CC. The molecule has 2 aliphatic heterocycles. The Morgan fingerprint density at radius 2 is 1.26 bits per heavy atom. The molecular weight excluding hydrogens is 823 g/mol. The molecule has 5 N–H and O–H groups in total. The summed E-state index contributed by atoms with van der Waals surface area (Å²) >= 11 is 1.21. The fraction of sp³-hybridized carbons (Fsp3) is 0.278. The van der Waals surface area contributed by atoms with E-state index in [2.05, 4.69) is 150 Å². The molecule has 3 heterocycles. The zero-order valence-electron chi connectivity index (χ0n) is 39.7. The van der Waals surface area contributed by atoms with Gasteiger partial charge in [-0.3, -0.25) is 14.8 Å². The first-order chi connectivity index (χ1) is 30.9. The van der Waals surface area contributed by atoms with Crippen LogP contribution in [-0.2, 0) is 4.79 Å². The van der Waals surface area contributed by atoms with Gasteiger partial charge in [0.25, 0.3) is 0 Å². The van der Waals surface area contributed by atoms with Gasteiger partial charge in [0.05, 0.1) is 31.2 Å². The molecule has 7 rings (SSSR count). The topological polar surface area (TPSA) is 128 Å². The van der Waals surface area contributed by atoms with Crippen molar-refractivity contribution in [1.82, 2.24) is 14.1 Å². The lowest BCUT2D eigenvalue weighted by atomic mass is 9.86. The molecule has 338 valence electrons. The van der Waals surface area contributed by atoms with Crippen LogP contribution in [0.4, 0.5) is 22.7 Å². The lowest BCUT2D eigenvalue weighted by molar-refractivity contribution is -0.115. The van der Waals surface area contributed by atoms with Crippen molar-refractivity contribution in [3.05, 3.63) is 162 Å². The standard InChI is InChI=1S/C28H33N3O.C24H26N6S.C2H6/c1-7-8-21-15-22(10-9-19(21)2)20(3)30-24-11-13-25(14-12-24)31-27(32)17-26-16-23(18-29-26)28(4,5)6;1-15(20-7-6-8-21-23(20)30-31-29-21)26-18-9-11-19(12-10-18)27-16(2)28-22-13-17(14-25-22)24(3,4)5;1-2/h7-16,30H,3,17-18H2,1-2,4-6H3,(H,31,32);6-13,26-27H,1-2,14H2,3-5H3,(H,25,28);1-2H3/b8-7-;;. The molecule has 0 fully saturated rings. The Morgan fingerprint density at radius 3 is 1.85 bits per heavy atom. The molecule has 0 saturated carbocycles. The summed E-state index contributed by atoms with van der Waals surface area (Å²) in [5.41, 5.74) is 14.9. The van der Waals surface area contributed by atoms with Gasteiger partial charge in [0, 0.05) is 45.4 Å². The van der Waals surface area contributed by atoms with E-state index in [4.69, 9.17) is 0 Å². The van der Waals surface area contributed by atoms with Crippen LogP contribution in [0.2, 0.25) is 0 Å². The fourth-order valence-corrected chi connectivity index (χ4v) is 7.27. The third-order valence-corrected chi connectivity index (χ3v) is 11.1. The smallest absolute Gasteiger partial charge is 0.230 e. The number of nitrogens with one attached hydrogen (secondary N) is 5. The van der Waals surface area contributed by atoms with E-state index in [9.17, 15) is 4.79 Å². The molecular formula is C54H65N9OS. The Hall–Kier alpha value is -6.85. The van der Waals surface area contributed by atoms with Gasteiger partial charge in [-0.05, 0) is 125 Å². The summed E-state index contributed by atoms with van der Waals surface area (Å²) in [7, 11) is 0. The number of hydrogen-bond donors (Lipinski definition) is 5. The van der Waals surface area contributed by atoms with Gasteiger partial charge in [-0.2, -0.15) is 8.75 Å². The normalized spacial score (nSPS) is 13.3. The van der Waals surface area contributed by atoms with Gasteiger partial charge in [0.1, 0.15) is 22.7 Å². The quantitative estimate of drug-likeness (QED) is 0.0796. The minimum absolute atomic E-state index is 0.0589. The summed E-state index contributed by atoms with van der Waals surface area (Å²) in [5.74, 6) is 1.46. The van der Waals surface area contributed by atoms with E-state index in [1.165, 1.54) is 34.0 Å². The monoisotopic (exact) mass is 888 g/mol. The highest BCUT2D eigenvalue weighted by molar-refractivity contribution is 7.00. The van der Waals surface area contributed by atoms with E-state index in [0.29, 0.717) is 18.8 Å². The van der Waals surface area contributed by atoms with Crippen LogP contribution in [0, 0.1) is 17.8 Å². The summed E-state index contributed by atoms with van der Waals surface area (Å²) in [5, 5.41) is 16.2. The number of rotatable bonds is 13. The second-order valence-corrected chi connectivity index (χ2v) is 18.2. The summed E-state index contributed by atoms with van der Waals surface area (Å²) in [6, 6.07) is 27.8. The number of carbonyl (C=O) groups is 1. The van der Waals surface area contributed by atoms with Crippen LogP contribution in [0.15, 0.2) is 150 Å². The van der Waals surface area contributed by atoms with Crippen molar-refractivity contribution < 1.29 is 4.79 Å². The van der Waals surface area contributed by atoms with Crippen LogP contribution < -0.4 is 26.6 Å². The number of fused-ring (bicyclic) bond motifs is 1. The number of aromatic nitrogens is 2. The van der Waals surface area contributed by atoms with E-state index in [0.717, 1.165) is 74.4 Å². The molecule has 10 nitrogen and oxygen atoms in total. The Morgan fingerprint density at radius 1 is 0.692 bits per heavy atom. The zero-order chi connectivity index (χ0) is 47.3. The molecule has 0 bridgehead atoms. The molecule has 2 aliphatic rings. The molecule has 1 aromatic heterocycles. The number of anilines is 4. The van der Waals surface area contributed by atoms with Gasteiger partial charge in [0.15, 0.2) is 0 Å². The molecule has 0 spiro atoms. The highest BCUT2D eigenvalue weighted by atomic mass is 32.1. The Bertz CT molecular complexity index is 2660. The average Bonchev–Trinajstić information content (AvgIpc) is 4.06. The maximum absolute atomic E-state index is 12.4. The van der Waals surface area contributed by atoms with E-state index in [-0.39, 0.29) is 16.7 Å². The molecule has 0 atom stereocenters. The highest BCUT2D eigenvalue weighted by Crippen LogP contribution is 2.30. The molecule has 0 saturated heterocycles. The second-order valence-electron chi connectivity index (χ2n) is 17.7. The first kappa shape index (κ1) is 49.2. The second kappa shape index (κ2) is 22.2. The van der Waals surface area contributed by atoms with E-state index in [1.54, 1.807) is 0 Å². The van der Waals surface area contributed by atoms with Crippen molar-refractivity contribution in [3.8, 4) is 0 Å². The zero-order valence-corrected chi connectivity index (χ0v) is 40.6. The predicted molar refractivity (Wildman–Crippen MR) is 282 cm³/mol. The Balaban J connectivity index is 0.000000235. The van der Waals surface area contributed by atoms with Crippen molar-refractivity contribution in [1.29, 1.82) is 0 Å². The number of aryl methyl sites for hydroxylation is 1. The number of hydrogen-bond acceptors (Lipinski definition) is 10. The number of carbonyl (C=O) groups excluding carboxylic acids is 1. The molecule has 5 aromatic rings. The van der Waals surface area contributed by atoms with Crippen LogP contribution >= 0.6 is 11.7 Å². The van der Waals surface area contributed by atoms with Crippen molar-refractivity contribution in [2.45, 2.75) is 75.7 Å². The number of allylic oxidation sites excluding steroid dienone is 2. The molecule has 0 aliphatic carbocycles. The Labute approximate surface area is 390 Å².